The zero-order valence-electron chi connectivity index (χ0n) is 29.7. The molecule has 1 aromatic heterocycles. The molecular weight excluding hydrogens is 638 g/mol. The Morgan fingerprint density at radius 1 is 1.04 bits per heavy atom. The number of ether oxygens (including phenoxy) is 1. The number of carbonyl (C=O) groups is 2. The predicted molar refractivity (Wildman–Crippen MR) is 196 cm³/mol. The summed E-state index contributed by atoms with van der Waals surface area (Å²) in [6, 6.07) is 13.9. The number of rotatable bonds is 13. The number of unbranched alkanes of at least 4 members (excludes halogenated alkanes) is 1. The Hall–Kier alpha value is -3.36. The van der Waals surface area contributed by atoms with Crippen molar-refractivity contribution in [3.63, 3.8) is 0 Å². The maximum atomic E-state index is 13.8. The predicted octanol–water partition coefficient (Wildman–Crippen LogP) is 7.93. The van der Waals surface area contributed by atoms with Crippen LogP contribution in [-0.2, 0) is 11.2 Å². The van der Waals surface area contributed by atoms with Crippen molar-refractivity contribution in [2.45, 2.75) is 110 Å². The van der Waals surface area contributed by atoms with E-state index in [0.29, 0.717) is 47.1 Å². The van der Waals surface area contributed by atoms with E-state index in [1.54, 1.807) is 18.2 Å². The molecule has 2 N–H and O–H groups in total. The third-order valence-electron chi connectivity index (χ3n) is 10.3. The van der Waals surface area contributed by atoms with Gasteiger partial charge < -0.3 is 24.7 Å². The van der Waals surface area contributed by atoms with Gasteiger partial charge in [0.15, 0.2) is 11.2 Å². The van der Waals surface area contributed by atoms with Gasteiger partial charge in [0.25, 0.3) is 5.91 Å². The zero-order valence-corrected chi connectivity index (χ0v) is 30.5. The van der Waals surface area contributed by atoms with Crippen LogP contribution in [0.15, 0.2) is 57.7 Å². The highest BCUT2D eigenvalue weighted by Gasteiger charge is 2.48. The van der Waals surface area contributed by atoms with Crippen LogP contribution in [0.4, 0.5) is 0 Å². The van der Waals surface area contributed by atoms with Crippen molar-refractivity contribution in [3.05, 3.63) is 75.1 Å². The molecule has 2 aliphatic rings. The van der Waals surface area contributed by atoms with Gasteiger partial charge in [0.1, 0.15) is 11.3 Å². The molecule has 2 fully saturated rings. The van der Waals surface area contributed by atoms with Gasteiger partial charge in [-0.15, -0.1) is 0 Å². The molecule has 0 spiro atoms. The average Bonchev–Trinajstić information content (AvgIpc) is 3.08. The number of nitrogens with one attached hydrogen (secondary N) is 2. The van der Waals surface area contributed by atoms with E-state index >= 15 is 0 Å². The minimum absolute atomic E-state index is 0.0154. The molecular formula is C40H54ClN3O5. The van der Waals surface area contributed by atoms with E-state index in [1.165, 1.54) is 25.3 Å². The molecule has 8 nitrogen and oxygen atoms in total. The van der Waals surface area contributed by atoms with Crippen LogP contribution >= 0.6 is 11.6 Å². The number of amides is 2. The summed E-state index contributed by atoms with van der Waals surface area (Å²) in [5.41, 5.74) is 0.529. The SMILES string of the molecule is CCCCOc1ccc2oc(C(=O)N[C@H](CCN3CCC(C(=O)NC(C)(C)C)(C4CCCCC4)CC3)Cc3ccc(Cl)cc3)cc(=O)c2c1. The minimum Gasteiger partial charge on any atom is -0.494 e. The Morgan fingerprint density at radius 2 is 1.76 bits per heavy atom. The Morgan fingerprint density at radius 3 is 2.43 bits per heavy atom. The zero-order chi connectivity index (χ0) is 35.0. The number of nitrogens with zero attached hydrogens (tertiary/aromatic N) is 1. The number of halogens is 1. The van der Waals surface area contributed by atoms with Crippen LogP contribution in [0.2, 0.25) is 5.02 Å². The Labute approximate surface area is 296 Å². The lowest BCUT2D eigenvalue weighted by Crippen LogP contribution is -2.56. The van der Waals surface area contributed by atoms with Crippen molar-refractivity contribution in [2.75, 3.05) is 26.2 Å². The summed E-state index contributed by atoms with van der Waals surface area (Å²) in [6.45, 7) is 11.3. The number of hydrogen-bond donors (Lipinski definition) is 2. The Bertz CT molecular complexity index is 1620. The van der Waals surface area contributed by atoms with Crippen molar-refractivity contribution in [1.29, 1.82) is 0 Å². The molecule has 3 aromatic rings. The summed E-state index contributed by atoms with van der Waals surface area (Å²) in [5, 5.41) is 7.54. The van der Waals surface area contributed by atoms with Crippen molar-refractivity contribution in [1.82, 2.24) is 15.5 Å². The smallest absolute Gasteiger partial charge is 0.287 e. The monoisotopic (exact) mass is 691 g/mol. The molecule has 1 aliphatic carbocycles. The highest BCUT2D eigenvalue weighted by Crippen LogP contribution is 2.46. The largest absolute Gasteiger partial charge is 0.494 e. The van der Waals surface area contributed by atoms with E-state index in [2.05, 4.69) is 43.2 Å². The van der Waals surface area contributed by atoms with Gasteiger partial charge in [-0.3, -0.25) is 14.4 Å². The summed E-state index contributed by atoms with van der Waals surface area (Å²) >= 11 is 6.16. The van der Waals surface area contributed by atoms with Crippen LogP contribution in [0.1, 0.15) is 108 Å². The molecule has 2 aromatic carbocycles. The fraction of sp³-hybridized carbons (Fsp3) is 0.575. The highest BCUT2D eigenvalue weighted by atomic mass is 35.5. The normalized spacial score (nSPS) is 17.8. The molecule has 5 rings (SSSR count). The van der Waals surface area contributed by atoms with Crippen molar-refractivity contribution in [3.8, 4) is 5.75 Å². The van der Waals surface area contributed by atoms with Gasteiger partial charge >= 0.3 is 0 Å². The standard InChI is InChI=1S/C40H54ClN3O5/c1-5-6-24-48-32-16-17-35-33(26-32)34(45)27-36(49-35)37(46)42-31(25-28-12-14-30(41)15-13-28)18-21-44-22-19-40(20-23-44,29-10-8-7-9-11-29)38(47)43-39(2,3)4/h12-17,26-27,29,31H,5-11,18-25H2,1-4H3,(H,42,46)(H,43,47)/t31-/m1/s1. The molecule has 2 amide bonds. The molecule has 266 valence electrons. The second-order valence-corrected chi connectivity index (χ2v) is 15.6. The number of benzene rings is 2. The fourth-order valence-electron chi connectivity index (χ4n) is 7.51. The second-order valence-electron chi connectivity index (χ2n) is 15.2. The van der Waals surface area contributed by atoms with Crippen molar-refractivity contribution in [2.24, 2.45) is 11.3 Å². The maximum absolute atomic E-state index is 13.8. The number of likely N-dealkylation sites (tertiary alicyclic amines) is 1. The van der Waals surface area contributed by atoms with E-state index < -0.39 is 5.91 Å². The van der Waals surface area contributed by atoms with Gasteiger partial charge in [-0.25, -0.2) is 0 Å². The fourth-order valence-corrected chi connectivity index (χ4v) is 7.64. The maximum Gasteiger partial charge on any atom is 0.287 e. The van der Waals surface area contributed by atoms with Gasteiger partial charge in [-0.05, 0) is 121 Å². The summed E-state index contributed by atoms with van der Waals surface area (Å²) in [4.78, 5) is 42.9. The van der Waals surface area contributed by atoms with E-state index in [9.17, 15) is 14.4 Å². The van der Waals surface area contributed by atoms with Crippen LogP contribution in [-0.4, -0.2) is 54.5 Å². The summed E-state index contributed by atoms with van der Waals surface area (Å²) in [5.74, 6) is 0.821. The first-order valence-electron chi connectivity index (χ1n) is 18.3. The lowest BCUT2D eigenvalue weighted by atomic mass is 9.63. The molecule has 0 radical (unpaired) electrons. The van der Waals surface area contributed by atoms with Crippen LogP contribution in [0, 0.1) is 11.3 Å². The van der Waals surface area contributed by atoms with Gasteiger partial charge in [-0.2, -0.15) is 0 Å². The first-order valence-corrected chi connectivity index (χ1v) is 18.6. The van der Waals surface area contributed by atoms with Gasteiger partial charge in [-0.1, -0.05) is 56.3 Å². The second kappa shape index (κ2) is 16.6. The number of hydrogen-bond acceptors (Lipinski definition) is 6. The Balaban J connectivity index is 1.27. The highest BCUT2D eigenvalue weighted by molar-refractivity contribution is 6.30. The van der Waals surface area contributed by atoms with E-state index in [1.807, 2.05) is 24.3 Å². The Kier molecular flexibility index (Phi) is 12.5. The summed E-state index contributed by atoms with van der Waals surface area (Å²) in [6.07, 6.45) is 10.9. The van der Waals surface area contributed by atoms with Crippen LogP contribution in [0.5, 0.6) is 5.75 Å². The number of fused-ring (bicyclic) bond motifs is 1. The first kappa shape index (κ1) is 36.9. The van der Waals surface area contributed by atoms with Crippen molar-refractivity contribution < 1.29 is 18.7 Å². The topological polar surface area (TPSA) is 101 Å². The van der Waals surface area contributed by atoms with E-state index in [4.69, 9.17) is 20.8 Å². The minimum atomic E-state index is -0.421. The first-order chi connectivity index (χ1) is 23.5. The third kappa shape index (κ3) is 9.88. The number of carbonyl (C=O) groups excluding carboxylic acids is 2. The van der Waals surface area contributed by atoms with Crippen molar-refractivity contribution >= 4 is 34.4 Å². The molecule has 0 bridgehead atoms. The van der Waals surface area contributed by atoms with Gasteiger partial charge in [0.2, 0.25) is 5.91 Å². The van der Waals surface area contributed by atoms with E-state index in [0.717, 1.165) is 63.7 Å². The van der Waals surface area contributed by atoms with Crippen LogP contribution in [0.3, 0.4) is 0 Å². The van der Waals surface area contributed by atoms with Gasteiger partial charge in [0.05, 0.1) is 17.4 Å². The average molecular weight is 692 g/mol. The van der Waals surface area contributed by atoms with Crippen LogP contribution < -0.4 is 20.8 Å². The van der Waals surface area contributed by atoms with Gasteiger partial charge in [0, 0.05) is 29.2 Å². The lowest BCUT2D eigenvalue weighted by Gasteiger charge is -2.47. The molecule has 1 aliphatic heterocycles. The number of piperidine rings is 1. The summed E-state index contributed by atoms with van der Waals surface area (Å²) < 4.78 is 11.7. The molecule has 1 saturated heterocycles. The summed E-state index contributed by atoms with van der Waals surface area (Å²) in [7, 11) is 0. The molecule has 2 heterocycles. The quantitative estimate of drug-likeness (QED) is 0.177. The molecule has 1 atom stereocenters. The third-order valence-corrected chi connectivity index (χ3v) is 10.5. The molecule has 9 heteroatoms. The molecule has 0 unspecified atom stereocenters. The molecule has 1 saturated carbocycles. The van der Waals surface area contributed by atoms with Crippen LogP contribution in [0.25, 0.3) is 11.0 Å². The lowest BCUT2D eigenvalue weighted by molar-refractivity contribution is -0.141. The molecule has 49 heavy (non-hydrogen) atoms. The van der Waals surface area contributed by atoms with E-state index in [-0.39, 0.29) is 34.1 Å².